The molecule has 2 heterocycles. The van der Waals surface area contributed by atoms with Crippen LogP contribution < -0.4 is 20.3 Å². The molecule has 0 radical (unpaired) electrons. The third-order valence-corrected chi connectivity index (χ3v) is 5.49. The first-order valence-electron chi connectivity index (χ1n) is 10.6. The van der Waals surface area contributed by atoms with Gasteiger partial charge in [-0.25, -0.2) is 9.97 Å². The van der Waals surface area contributed by atoms with Gasteiger partial charge in [0.2, 0.25) is 17.8 Å². The molecule has 1 aliphatic heterocycles. The molecule has 0 saturated carbocycles. The molecular weight excluding hydrogens is 449 g/mol. The zero-order chi connectivity index (χ0) is 24.5. The fourth-order valence-electron chi connectivity index (χ4n) is 3.87. The fraction of sp³-hybridized carbons (Fsp3) is 0.304. The van der Waals surface area contributed by atoms with Crippen molar-refractivity contribution in [2.45, 2.75) is 40.1 Å². The minimum Gasteiger partial charge on any atom is -0.406 e. The molecule has 178 valence electrons. The van der Waals surface area contributed by atoms with Crippen LogP contribution in [0.25, 0.3) is 0 Å². The molecule has 34 heavy (non-hydrogen) atoms. The quantitative estimate of drug-likeness (QED) is 0.558. The molecule has 4 rings (SSSR count). The number of nitrogens with one attached hydrogen (secondary N) is 2. The highest BCUT2D eigenvalue weighted by Crippen LogP contribution is 2.31. The standard InChI is InChI=1S/C23H23F3N6O2/c1-13-4-7-19(14(2)20(13)29-15(3)33)30-21-27-12-28-22(31-21)32-9-8-16-10-18(34-23(24,25)26)6-5-17(16)11-32/h4-7,10,12H,8-9,11H2,1-3H3,(H,29,33)(H,27,28,30,31). The Morgan fingerprint density at radius 1 is 1.12 bits per heavy atom. The number of anilines is 4. The third kappa shape index (κ3) is 5.36. The number of alkyl halides is 3. The minimum absolute atomic E-state index is 0.159. The topological polar surface area (TPSA) is 92.3 Å². The first kappa shape index (κ1) is 23.3. The van der Waals surface area contributed by atoms with Crippen LogP contribution in [0.1, 0.15) is 29.2 Å². The van der Waals surface area contributed by atoms with E-state index in [9.17, 15) is 18.0 Å². The summed E-state index contributed by atoms with van der Waals surface area (Å²) in [6.45, 7) is 6.23. The van der Waals surface area contributed by atoms with Gasteiger partial charge in [0.1, 0.15) is 12.1 Å². The van der Waals surface area contributed by atoms with Crippen molar-refractivity contribution < 1.29 is 22.7 Å². The molecule has 8 nitrogen and oxygen atoms in total. The summed E-state index contributed by atoms with van der Waals surface area (Å²) < 4.78 is 41.5. The van der Waals surface area contributed by atoms with E-state index >= 15 is 0 Å². The maximum absolute atomic E-state index is 12.5. The molecule has 0 atom stereocenters. The number of carbonyl (C=O) groups excluding carboxylic acids is 1. The number of aromatic nitrogens is 3. The van der Waals surface area contributed by atoms with E-state index in [0.29, 0.717) is 31.4 Å². The summed E-state index contributed by atoms with van der Waals surface area (Å²) >= 11 is 0. The number of ether oxygens (including phenoxy) is 1. The Bertz CT molecular complexity index is 1230. The van der Waals surface area contributed by atoms with Gasteiger partial charge in [0.05, 0.1) is 0 Å². The molecule has 1 aromatic heterocycles. The number of carbonyl (C=O) groups is 1. The Morgan fingerprint density at radius 3 is 2.65 bits per heavy atom. The van der Waals surface area contributed by atoms with Crippen LogP contribution in [0.4, 0.5) is 36.4 Å². The lowest BCUT2D eigenvalue weighted by Gasteiger charge is -2.29. The number of nitrogens with zero attached hydrogens (tertiary/aromatic N) is 4. The van der Waals surface area contributed by atoms with E-state index in [0.717, 1.165) is 33.6 Å². The number of fused-ring (bicyclic) bond motifs is 1. The molecule has 0 saturated heterocycles. The lowest BCUT2D eigenvalue weighted by atomic mass is 10.00. The van der Waals surface area contributed by atoms with Gasteiger partial charge in [-0.15, -0.1) is 13.2 Å². The maximum Gasteiger partial charge on any atom is 0.573 e. The molecule has 0 unspecified atom stereocenters. The summed E-state index contributed by atoms with van der Waals surface area (Å²) in [6, 6.07) is 8.14. The number of hydrogen-bond acceptors (Lipinski definition) is 7. The van der Waals surface area contributed by atoms with Gasteiger partial charge < -0.3 is 20.3 Å². The molecule has 11 heteroatoms. The monoisotopic (exact) mass is 472 g/mol. The summed E-state index contributed by atoms with van der Waals surface area (Å²) in [5.41, 5.74) is 4.93. The van der Waals surface area contributed by atoms with Gasteiger partial charge in [-0.2, -0.15) is 4.98 Å². The number of halogens is 3. The molecule has 3 aromatic rings. The molecule has 1 aliphatic rings. The van der Waals surface area contributed by atoms with Crippen molar-refractivity contribution in [3.8, 4) is 5.75 Å². The average molecular weight is 472 g/mol. The second-order valence-corrected chi connectivity index (χ2v) is 8.00. The Hall–Kier alpha value is -3.89. The van der Waals surface area contributed by atoms with Crippen LogP contribution in [-0.4, -0.2) is 33.8 Å². The van der Waals surface area contributed by atoms with Crippen molar-refractivity contribution >= 4 is 29.2 Å². The van der Waals surface area contributed by atoms with Crippen molar-refractivity contribution in [1.82, 2.24) is 15.0 Å². The van der Waals surface area contributed by atoms with Crippen LogP contribution in [0.15, 0.2) is 36.7 Å². The van der Waals surface area contributed by atoms with Gasteiger partial charge in [-0.1, -0.05) is 12.1 Å². The van der Waals surface area contributed by atoms with E-state index in [-0.39, 0.29) is 11.7 Å². The normalized spacial score (nSPS) is 13.3. The Balaban J connectivity index is 1.51. The number of benzene rings is 2. The second kappa shape index (κ2) is 9.16. The maximum atomic E-state index is 12.5. The molecule has 1 amide bonds. The van der Waals surface area contributed by atoms with E-state index in [1.54, 1.807) is 6.07 Å². The van der Waals surface area contributed by atoms with Gasteiger partial charge in [-0.05, 0) is 60.7 Å². The van der Waals surface area contributed by atoms with Gasteiger partial charge in [0, 0.05) is 31.4 Å². The van der Waals surface area contributed by atoms with Gasteiger partial charge >= 0.3 is 6.36 Å². The lowest BCUT2D eigenvalue weighted by molar-refractivity contribution is -0.274. The zero-order valence-electron chi connectivity index (χ0n) is 18.8. The first-order valence-corrected chi connectivity index (χ1v) is 10.6. The van der Waals surface area contributed by atoms with Crippen molar-refractivity contribution in [1.29, 1.82) is 0 Å². The molecule has 2 aromatic carbocycles. The van der Waals surface area contributed by atoms with Crippen LogP contribution in [0.2, 0.25) is 0 Å². The van der Waals surface area contributed by atoms with Crippen molar-refractivity contribution in [3.05, 3.63) is 58.9 Å². The van der Waals surface area contributed by atoms with Crippen LogP contribution in [0.5, 0.6) is 5.75 Å². The van der Waals surface area contributed by atoms with Crippen LogP contribution in [-0.2, 0) is 17.8 Å². The lowest BCUT2D eigenvalue weighted by Crippen LogP contribution is -2.32. The smallest absolute Gasteiger partial charge is 0.406 e. The number of amides is 1. The summed E-state index contributed by atoms with van der Waals surface area (Å²) in [7, 11) is 0. The van der Waals surface area contributed by atoms with Crippen LogP contribution in [0.3, 0.4) is 0 Å². The highest BCUT2D eigenvalue weighted by atomic mass is 19.4. The van der Waals surface area contributed by atoms with Crippen LogP contribution in [0, 0.1) is 13.8 Å². The highest BCUT2D eigenvalue weighted by Gasteiger charge is 2.31. The number of aryl methyl sites for hydroxylation is 1. The Morgan fingerprint density at radius 2 is 1.91 bits per heavy atom. The summed E-state index contributed by atoms with van der Waals surface area (Å²) in [4.78, 5) is 26.5. The number of rotatable bonds is 5. The van der Waals surface area contributed by atoms with E-state index < -0.39 is 6.36 Å². The summed E-state index contributed by atoms with van der Waals surface area (Å²) in [6.07, 6.45) is -2.80. The summed E-state index contributed by atoms with van der Waals surface area (Å²) in [5, 5.41) is 6.02. The van der Waals surface area contributed by atoms with E-state index in [1.165, 1.54) is 25.4 Å². The van der Waals surface area contributed by atoms with Gasteiger partial charge in [0.15, 0.2) is 0 Å². The largest absolute Gasteiger partial charge is 0.573 e. The van der Waals surface area contributed by atoms with Crippen LogP contribution >= 0.6 is 0 Å². The molecule has 0 spiro atoms. The molecular formula is C23H23F3N6O2. The molecule has 0 bridgehead atoms. The second-order valence-electron chi connectivity index (χ2n) is 8.00. The first-order chi connectivity index (χ1) is 16.1. The fourth-order valence-corrected chi connectivity index (χ4v) is 3.87. The third-order valence-electron chi connectivity index (χ3n) is 5.49. The molecule has 2 N–H and O–H groups in total. The summed E-state index contributed by atoms with van der Waals surface area (Å²) in [5.74, 6) is 0.405. The molecule has 0 aliphatic carbocycles. The Labute approximate surface area is 194 Å². The SMILES string of the molecule is CC(=O)Nc1c(C)ccc(Nc2ncnc(N3CCc4cc(OC(F)(F)F)ccc4C3)n2)c1C. The highest BCUT2D eigenvalue weighted by molar-refractivity contribution is 5.92. The van der Waals surface area contributed by atoms with E-state index in [4.69, 9.17) is 0 Å². The van der Waals surface area contributed by atoms with Crippen molar-refractivity contribution in [2.24, 2.45) is 0 Å². The van der Waals surface area contributed by atoms with Gasteiger partial charge in [-0.3, -0.25) is 4.79 Å². The molecule has 0 fully saturated rings. The van der Waals surface area contributed by atoms with Crippen molar-refractivity contribution in [2.75, 3.05) is 22.1 Å². The van der Waals surface area contributed by atoms with E-state index in [2.05, 4.69) is 30.3 Å². The van der Waals surface area contributed by atoms with Crippen molar-refractivity contribution in [3.63, 3.8) is 0 Å². The minimum atomic E-state index is -4.72. The predicted molar refractivity (Wildman–Crippen MR) is 121 cm³/mol. The Kier molecular flexibility index (Phi) is 6.27. The number of hydrogen-bond donors (Lipinski definition) is 2. The predicted octanol–water partition coefficient (Wildman–Crippen LogP) is 4.65. The van der Waals surface area contributed by atoms with Gasteiger partial charge in [0.25, 0.3) is 0 Å². The zero-order valence-corrected chi connectivity index (χ0v) is 18.8. The van der Waals surface area contributed by atoms with E-state index in [1.807, 2.05) is 30.9 Å². The average Bonchev–Trinajstić information content (AvgIpc) is 2.77.